The fraction of sp³-hybridized carbons (Fsp3) is 1.00. The van der Waals surface area contributed by atoms with Crippen LogP contribution in [0.5, 0.6) is 0 Å². The second-order valence-electron chi connectivity index (χ2n) is 6.86. The molecule has 1 aliphatic heterocycles. The van der Waals surface area contributed by atoms with E-state index in [2.05, 4.69) is 30.8 Å². The monoisotopic (exact) mass is 253 g/mol. The molecule has 18 heavy (non-hydrogen) atoms. The molecule has 2 N–H and O–H groups in total. The van der Waals surface area contributed by atoms with Gasteiger partial charge in [0.05, 0.1) is 0 Å². The lowest BCUT2D eigenvalue weighted by molar-refractivity contribution is 0.0972. The Hall–Kier alpha value is -0.120. The highest BCUT2D eigenvalue weighted by Crippen LogP contribution is 2.29. The first kappa shape index (κ1) is 14.3. The molecule has 4 unspecified atom stereocenters. The third kappa shape index (κ3) is 3.69. The van der Waals surface area contributed by atoms with Gasteiger partial charge in [-0.15, -0.1) is 0 Å². The summed E-state index contributed by atoms with van der Waals surface area (Å²) in [5.74, 6) is 1.61. The first-order chi connectivity index (χ1) is 8.56. The number of rotatable bonds is 3. The SMILES string of the molecule is CC1CCC(N)C(CN2CCCC(N(C)C)C2)C1. The number of nitrogens with zero attached hydrogens (tertiary/aromatic N) is 2. The van der Waals surface area contributed by atoms with Gasteiger partial charge in [0.2, 0.25) is 0 Å². The molecule has 2 rings (SSSR count). The Morgan fingerprint density at radius 2 is 2.00 bits per heavy atom. The van der Waals surface area contributed by atoms with Crippen molar-refractivity contribution in [2.45, 2.75) is 51.1 Å². The smallest absolute Gasteiger partial charge is 0.0217 e. The lowest BCUT2D eigenvalue weighted by Crippen LogP contribution is -2.49. The molecule has 0 aromatic rings. The summed E-state index contributed by atoms with van der Waals surface area (Å²) in [4.78, 5) is 5.05. The molecule has 0 spiro atoms. The van der Waals surface area contributed by atoms with Gasteiger partial charge in [-0.1, -0.05) is 6.92 Å². The van der Waals surface area contributed by atoms with E-state index in [1.807, 2.05) is 0 Å². The molecule has 3 nitrogen and oxygen atoms in total. The van der Waals surface area contributed by atoms with Crippen LogP contribution >= 0.6 is 0 Å². The Morgan fingerprint density at radius 1 is 1.22 bits per heavy atom. The second kappa shape index (κ2) is 6.36. The highest BCUT2D eigenvalue weighted by atomic mass is 15.2. The third-order valence-corrected chi connectivity index (χ3v) is 5.01. The van der Waals surface area contributed by atoms with Crippen LogP contribution in [0.2, 0.25) is 0 Å². The summed E-state index contributed by atoms with van der Waals surface area (Å²) >= 11 is 0. The van der Waals surface area contributed by atoms with Gasteiger partial charge < -0.3 is 15.5 Å². The van der Waals surface area contributed by atoms with Crippen LogP contribution in [-0.2, 0) is 0 Å². The molecule has 0 amide bonds. The van der Waals surface area contributed by atoms with E-state index < -0.39 is 0 Å². The van der Waals surface area contributed by atoms with Crippen molar-refractivity contribution in [2.75, 3.05) is 33.7 Å². The second-order valence-corrected chi connectivity index (χ2v) is 6.86. The van der Waals surface area contributed by atoms with E-state index in [1.54, 1.807) is 0 Å². The van der Waals surface area contributed by atoms with Crippen molar-refractivity contribution >= 4 is 0 Å². The summed E-state index contributed by atoms with van der Waals surface area (Å²) in [7, 11) is 4.42. The van der Waals surface area contributed by atoms with Crippen LogP contribution in [-0.4, -0.2) is 55.6 Å². The van der Waals surface area contributed by atoms with E-state index in [4.69, 9.17) is 5.73 Å². The molecule has 1 heterocycles. The van der Waals surface area contributed by atoms with Crippen LogP contribution < -0.4 is 5.73 Å². The van der Waals surface area contributed by atoms with E-state index in [0.717, 1.165) is 17.9 Å². The molecule has 2 aliphatic rings. The van der Waals surface area contributed by atoms with Gasteiger partial charge in [0.1, 0.15) is 0 Å². The molecular weight excluding hydrogens is 222 g/mol. The zero-order valence-electron chi connectivity index (χ0n) is 12.4. The third-order valence-electron chi connectivity index (χ3n) is 5.01. The van der Waals surface area contributed by atoms with E-state index >= 15 is 0 Å². The van der Waals surface area contributed by atoms with E-state index in [0.29, 0.717) is 6.04 Å². The average molecular weight is 253 g/mol. The van der Waals surface area contributed by atoms with Crippen molar-refractivity contribution in [1.29, 1.82) is 0 Å². The number of nitrogens with two attached hydrogens (primary N) is 1. The number of hydrogen-bond donors (Lipinski definition) is 1. The van der Waals surface area contributed by atoms with Crippen molar-refractivity contribution in [3.8, 4) is 0 Å². The van der Waals surface area contributed by atoms with Crippen LogP contribution in [0, 0.1) is 11.8 Å². The molecule has 1 aliphatic carbocycles. The Kier molecular flexibility index (Phi) is 5.05. The fourth-order valence-corrected chi connectivity index (χ4v) is 3.68. The lowest BCUT2D eigenvalue weighted by Gasteiger charge is -2.41. The largest absolute Gasteiger partial charge is 0.327 e. The maximum Gasteiger partial charge on any atom is 0.0217 e. The molecule has 0 bridgehead atoms. The molecule has 1 saturated carbocycles. The summed E-state index contributed by atoms with van der Waals surface area (Å²) in [5.41, 5.74) is 6.32. The van der Waals surface area contributed by atoms with Crippen LogP contribution in [0.3, 0.4) is 0 Å². The van der Waals surface area contributed by atoms with Gasteiger partial charge in [0, 0.05) is 25.2 Å². The van der Waals surface area contributed by atoms with E-state index in [9.17, 15) is 0 Å². The molecule has 4 atom stereocenters. The van der Waals surface area contributed by atoms with Crippen molar-refractivity contribution in [1.82, 2.24) is 9.80 Å². The summed E-state index contributed by atoms with van der Waals surface area (Å²) in [6.45, 7) is 6.14. The van der Waals surface area contributed by atoms with Crippen molar-refractivity contribution in [3.05, 3.63) is 0 Å². The van der Waals surface area contributed by atoms with Crippen molar-refractivity contribution in [2.24, 2.45) is 17.6 Å². The molecule has 3 heteroatoms. The Balaban J connectivity index is 1.84. The van der Waals surface area contributed by atoms with Crippen LogP contribution in [0.25, 0.3) is 0 Å². The number of likely N-dealkylation sites (N-methyl/N-ethyl adjacent to an activating group) is 1. The first-order valence-electron chi connectivity index (χ1n) is 7.70. The van der Waals surface area contributed by atoms with Gasteiger partial charge in [0.15, 0.2) is 0 Å². The maximum atomic E-state index is 6.32. The minimum atomic E-state index is 0.445. The van der Waals surface area contributed by atoms with Crippen LogP contribution in [0.4, 0.5) is 0 Å². The van der Waals surface area contributed by atoms with Gasteiger partial charge in [0.25, 0.3) is 0 Å². The summed E-state index contributed by atoms with van der Waals surface area (Å²) < 4.78 is 0. The van der Waals surface area contributed by atoms with Gasteiger partial charge >= 0.3 is 0 Å². The normalized spacial score (nSPS) is 39.2. The maximum absolute atomic E-state index is 6.32. The summed E-state index contributed by atoms with van der Waals surface area (Å²) in [5, 5.41) is 0. The molecule has 0 radical (unpaired) electrons. The van der Waals surface area contributed by atoms with Crippen LogP contribution in [0.15, 0.2) is 0 Å². The summed E-state index contributed by atoms with van der Waals surface area (Å²) in [6, 6.07) is 1.19. The topological polar surface area (TPSA) is 32.5 Å². The molecule has 1 saturated heterocycles. The minimum absolute atomic E-state index is 0.445. The Labute approximate surface area is 113 Å². The molecular formula is C15H31N3. The van der Waals surface area contributed by atoms with E-state index in [-0.39, 0.29) is 0 Å². The van der Waals surface area contributed by atoms with Crippen molar-refractivity contribution < 1.29 is 0 Å². The molecule has 0 aromatic carbocycles. The Morgan fingerprint density at radius 3 is 2.72 bits per heavy atom. The van der Waals surface area contributed by atoms with E-state index in [1.165, 1.54) is 51.7 Å². The highest BCUT2D eigenvalue weighted by molar-refractivity contribution is 4.86. The predicted molar refractivity (Wildman–Crippen MR) is 77.6 cm³/mol. The number of likely N-dealkylation sites (tertiary alicyclic amines) is 1. The summed E-state index contributed by atoms with van der Waals surface area (Å²) in [6.07, 6.45) is 6.61. The van der Waals surface area contributed by atoms with Gasteiger partial charge in [-0.25, -0.2) is 0 Å². The zero-order valence-corrected chi connectivity index (χ0v) is 12.4. The first-order valence-corrected chi connectivity index (χ1v) is 7.70. The van der Waals surface area contributed by atoms with Gasteiger partial charge in [-0.05, 0) is 64.6 Å². The Bertz CT molecular complexity index is 254. The van der Waals surface area contributed by atoms with Gasteiger partial charge in [-0.3, -0.25) is 0 Å². The zero-order chi connectivity index (χ0) is 13.1. The molecule has 106 valence electrons. The minimum Gasteiger partial charge on any atom is -0.327 e. The number of hydrogen-bond acceptors (Lipinski definition) is 3. The quantitative estimate of drug-likeness (QED) is 0.832. The van der Waals surface area contributed by atoms with Crippen molar-refractivity contribution in [3.63, 3.8) is 0 Å². The number of piperidine rings is 1. The molecule has 2 fully saturated rings. The van der Waals surface area contributed by atoms with Crippen LogP contribution in [0.1, 0.15) is 39.0 Å². The molecule has 0 aromatic heterocycles. The highest BCUT2D eigenvalue weighted by Gasteiger charge is 2.29. The average Bonchev–Trinajstić information content (AvgIpc) is 2.34. The fourth-order valence-electron chi connectivity index (χ4n) is 3.68. The predicted octanol–water partition coefficient (Wildman–Crippen LogP) is 1.78. The van der Waals surface area contributed by atoms with Gasteiger partial charge in [-0.2, -0.15) is 0 Å². The lowest BCUT2D eigenvalue weighted by atomic mass is 9.79. The standard InChI is InChI=1S/C15H31N3/c1-12-6-7-15(16)13(9-12)10-18-8-4-5-14(11-18)17(2)3/h12-15H,4-11,16H2,1-3H3.